The maximum Gasteiger partial charge on any atom is 0.0341 e. The van der Waals surface area contributed by atoms with Crippen molar-refractivity contribution in [1.82, 2.24) is 0 Å². The molecule has 0 aliphatic rings. The first kappa shape index (κ1) is 10.2. The zero-order chi connectivity index (χ0) is 9.68. The molecule has 0 fully saturated rings. The van der Waals surface area contributed by atoms with E-state index < -0.39 is 11.1 Å². The normalized spacial score (nSPS) is 12.5. The van der Waals surface area contributed by atoms with Crippen molar-refractivity contribution in [3.05, 3.63) is 24.3 Å². The van der Waals surface area contributed by atoms with E-state index >= 15 is 0 Å². The van der Waals surface area contributed by atoms with Crippen LogP contribution >= 0.6 is 0 Å². The molecular weight excluding hydrogens is 188 g/mol. The van der Waals surface area contributed by atoms with Gasteiger partial charge in [-0.15, -0.1) is 0 Å². The minimum atomic E-state index is -2.15. The average Bonchev–Trinajstić information content (AvgIpc) is 2.15. The highest BCUT2D eigenvalue weighted by Crippen LogP contribution is 2.10. The first-order valence-electron chi connectivity index (χ1n) is 3.87. The topological polar surface area (TPSA) is 78.2 Å². The van der Waals surface area contributed by atoms with Gasteiger partial charge < -0.3 is 15.6 Å². The Kier molecular flexibility index (Phi) is 3.88. The second-order valence-electron chi connectivity index (χ2n) is 2.47. The maximum absolute atomic E-state index is 10.5. The predicted molar refractivity (Wildman–Crippen MR) is 51.2 cm³/mol. The average molecular weight is 199 g/mol. The van der Waals surface area contributed by atoms with Crippen LogP contribution in [0.1, 0.15) is 0 Å². The molecule has 0 aliphatic heterocycles. The molecule has 0 bridgehead atoms. The summed E-state index contributed by atoms with van der Waals surface area (Å²) >= 11 is -2.15. The number of hydrogen-bond acceptors (Lipinski definition) is 4. The standard InChI is InChI=1S/C8H12N2O2S/c9-5-6-10-7-1-3-8(4-2-7)13(11)12/h1-4,10H,5-6,9H2,(H,11,12)/p-1. The summed E-state index contributed by atoms with van der Waals surface area (Å²) in [5, 5.41) is 3.03. The van der Waals surface area contributed by atoms with Crippen molar-refractivity contribution in [2.24, 2.45) is 5.73 Å². The van der Waals surface area contributed by atoms with Gasteiger partial charge in [0.25, 0.3) is 0 Å². The van der Waals surface area contributed by atoms with E-state index in [0.717, 1.165) is 5.69 Å². The van der Waals surface area contributed by atoms with Gasteiger partial charge in [0.15, 0.2) is 0 Å². The highest BCUT2D eigenvalue weighted by molar-refractivity contribution is 7.79. The van der Waals surface area contributed by atoms with Crippen molar-refractivity contribution in [3.8, 4) is 0 Å². The fraction of sp³-hybridized carbons (Fsp3) is 0.250. The van der Waals surface area contributed by atoms with Gasteiger partial charge in [-0.05, 0) is 35.3 Å². The minimum Gasteiger partial charge on any atom is -0.768 e. The number of anilines is 1. The van der Waals surface area contributed by atoms with Crippen LogP contribution in [0, 0.1) is 0 Å². The molecule has 0 aliphatic carbocycles. The predicted octanol–water partition coefficient (Wildman–Crippen LogP) is 0.295. The smallest absolute Gasteiger partial charge is 0.0341 e. The lowest BCUT2D eigenvalue weighted by molar-refractivity contribution is 0.537. The van der Waals surface area contributed by atoms with Crippen LogP contribution in [0.3, 0.4) is 0 Å². The summed E-state index contributed by atoms with van der Waals surface area (Å²) in [4.78, 5) is 0.290. The quantitative estimate of drug-likeness (QED) is 0.683. The fourth-order valence-corrected chi connectivity index (χ4v) is 1.26. The second-order valence-corrected chi connectivity index (χ2v) is 3.42. The zero-order valence-corrected chi connectivity index (χ0v) is 7.84. The number of nitrogens with two attached hydrogens (primary N) is 1. The summed E-state index contributed by atoms with van der Waals surface area (Å²) in [5.74, 6) is 0. The zero-order valence-electron chi connectivity index (χ0n) is 7.03. The first-order valence-corrected chi connectivity index (χ1v) is 4.95. The van der Waals surface area contributed by atoms with Gasteiger partial charge in [0.1, 0.15) is 0 Å². The van der Waals surface area contributed by atoms with Crippen molar-refractivity contribution < 1.29 is 8.76 Å². The highest BCUT2D eigenvalue weighted by Gasteiger charge is 1.92. The number of benzene rings is 1. The van der Waals surface area contributed by atoms with Gasteiger partial charge in [-0.25, -0.2) is 0 Å². The molecule has 1 atom stereocenters. The summed E-state index contributed by atoms with van der Waals surface area (Å²) in [5.41, 5.74) is 6.17. The Labute approximate surface area is 79.4 Å². The van der Waals surface area contributed by atoms with Gasteiger partial charge >= 0.3 is 0 Å². The third kappa shape index (κ3) is 3.14. The van der Waals surface area contributed by atoms with Crippen molar-refractivity contribution in [1.29, 1.82) is 0 Å². The molecule has 0 saturated carbocycles. The molecule has 5 heteroatoms. The van der Waals surface area contributed by atoms with Gasteiger partial charge in [-0.3, -0.25) is 4.21 Å². The van der Waals surface area contributed by atoms with Gasteiger partial charge in [-0.1, -0.05) is 0 Å². The van der Waals surface area contributed by atoms with E-state index in [0.29, 0.717) is 18.0 Å². The Hall–Kier alpha value is -0.910. The highest BCUT2D eigenvalue weighted by atomic mass is 32.2. The van der Waals surface area contributed by atoms with Crippen LogP contribution in [0.4, 0.5) is 5.69 Å². The SMILES string of the molecule is NCCNc1ccc(S(=O)[O-])cc1. The maximum atomic E-state index is 10.5. The fourth-order valence-electron chi connectivity index (χ4n) is 0.900. The molecule has 1 aromatic carbocycles. The molecule has 0 heterocycles. The molecule has 13 heavy (non-hydrogen) atoms. The number of nitrogens with one attached hydrogen (secondary N) is 1. The van der Waals surface area contributed by atoms with Crippen molar-refractivity contribution in [2.45, 2.75) is 4.90 Å². The Morgan fingerprint density at radius 1 is 1.38 bits per heavy atom. The van der Waals surface area contributed by atoms with Crippen LogP contribution in [0.25, 0.3) is 0 Å². The molecular formula is C8H11N2O2S-. The van der Waals surface area contributed by atoms with E-state index in [4.69, 9.17) is 5.73 Å². The lowest BCUT2D eigenvalue weighted by Crippen LogP contribution is -2.12. The molecule has 0 aromatic heterocycles. The molecule has 1 unspecified atom stereocenters. The van der Waals surface area contributed by atoms with Gasteiger partial charge in [-0.2, -0.15) is 0 Å². The molecule has 72 valence electrons. The Bertz CT molecular complexity index is 287. The summed E-state index contributed by atoms with van der Waals surface area (Å²) in [6.07, 6.45) is 0. The molecule has 1 rings (SSSR count). The summed E-state index contributed by atoms with van der Waals surface area (Å²) in [7, 11) is 0. The molecule has 0 amide bonds. The minimum absolute atomic E-state index is 0.290. The van der Waals surface area contributed by atoms with Gasteiger partial charge in [0.2, 0.25) is 0 Å². The molecule has 0 saturated heterocycles. The van der Waals surface area contributed by atoms with Crippen LogP contribution in [0.5, 0.6) is 0 Å². The molecule has 1 aromatic rings. The van der Waals surface area contributed by atoms with Crippen LogP contribution in [-0.4, -0.2) is 21.9 Å². The summed E-state index contributed by atoms with van der Waals surface area (Å²) in [6, 6.07) is 6.51. The molecule has 3 N–H and O–H groups in total. The van der Waals surface area contributed by atoms with E-state index in [9.17, 15) is 8.76 Å². The monoisotopic (exact) mass is 199 g/mol. The van der Waals surface area contributed by atoms with E-state index in [2.05, 4.69) is 5.32 Å². The largest absolute Gasteiger partial charge is 0.768 e. The summed E-state index contributed by atoms with van der Waals surface area (Å²) in [6.45, 7) is 1.23. The summed E-state index contributed by atoms with van der Waals surface area (Å²) < 4.78 is 21.0. The van der Waals surface area contributed by atoms with Crippen molar-refractivity contribution in [2.75, 3.05) is 18.4 Å². The third-order valence-corrected chi connectivity index (χ3v) is 2.18. The van der Waals surface area contributed by atoms with Gasteiger partial charge in [0.05, 0.1) is 0 Å². The Morgan fingerprint density at radius 2 is 2.00 bits per heavy atom. The van der Waals surface area contributed by atoms with E-state index in [1.54, 1.807) is 24.3 Å². The van der Waals surface area contributed by atoms with Gasteiger partial charge in [0, 0.05) is 23.7 Å². The third-order valence-electron chi connectivity index (χ3n) is 1.52. The van der Waals surface area contributed by atoms with Crippen LogP contribution < -0.4 is 11.1 Å². The Morgan fingerprint density at radius 3 is 2.46 bits per heavy atom. The van der Waals surface area contributed by atoms with E-state index in [-0.39, 0.29) is 0 Å². The van der Waals surface area contributed by atoms with Crippen molar-refractivity contribution >= 4 is 16.8 Å². The van der Waals surface area contributed by atoms with Crippen LogP contribution in [0.2, 0.25) is 0 Å². The lowest BCUT2D eigenvalue weighted by Gasteiger charge is -2.07. The van der Waals surface area contributed by atoms with Crippen LogP contribution in [-0.2, 0) is 11.1 Å². The van der Waals surface area contributed by atoms with Crippen molar-refractivity contribution in [3.63, 3.8) is 0 Å². The van der Waals surface area contributed by atoms with Crippen LogP contribution in [0.15, 0.2) is 29.2 Å². The Balaban J connectivity index is 2.64. The second kappa shape index (κ2) is 4.96. The number of hydrogen-bond donors (Lipinski definition) is 2. The molecule has 4 nitrogen and oxygen atoms in total. The molecule has 0 spiro atoms. The molecule has 0 radical (unpaired) electrons. The first-order chi connectivity index (χ1) is 6.24. The number of rotatable bonds is 4. The van der Waals surface area contributed by atoms with E-state index in [1.165, 1.54) is 0 Å². The lowest BCUT2D eigenvalue weighted by atomic mass is 10.3. The van der Waals surface area contributed by atoms with E-state index in [1.807, 2.05) is 0 Å².